The summed E-state index contributed by atoms with van der Waals surface area (Å²) in [6.07, 6.45) is 11.0. The molecule has 2 atom stereocenters. The molecule has 1 nitrogen and oxygen atoms in total. The molecule has 1 aromatic rings. The maximum Gasteiger partial charge on any atom is 0.0124 e. The number of hydrogen-bond acceptors (Lipinski definition) is 1. The quantitative estimate of drug-likeness (QED) is 0.839. The van der Waals surface area contributed by atoms with E-state index in [1.165, 1.54) is 51.4 Å². The summed E-state index contributed by atoms with van der Waals surface area (Å²) in [5.41, 5.74) is 3.77. The van der Waals surface area contributed by atoms with E-state index in [0.717, 1.165) is 5.92 Å². The van der Waals surface area contributed by atoms with Crippen LogP contribution in [0, 0.1) is 5.41 Å². The number of nitrogens with one attached hydrogen (secondary N) is 1. The van der Waals surface area contributed by atoms with Crippen molar-refractivity contribution in [2.75, 3.05) is 7.05 Å². The molecule has 110 valence electrons. The molecule has 2 unspecified atom stereocenters. The molecule has 1 aromatic carbocycles. The lowest BCUT2D eigenvalue weighted by Gasteiger charge is -2.38. The standard InChI is InChI=1S/C19H29N/c1-19(12-5-6-13-19)18(20-2)14-16-10-7-9-15-8-3-4-11-17(15)16/h3-4,8,11,16,18,20H,5-7,9-10,12-14H2,1-2H3. The third kappa shape index (κ3) is 2.65. The summed E-state index contributed by atoms with van der Waals surface area (Å²) in [4.78, 5) is 0. The average molecular weight is 271 g/mol. The summed E-state index contributed by atoms with van der Waals surface area (Å²) in [5, 5.41) is 3.66. The van der Waals surface area contributed by atoms with E-state index in [9.17, 15) is 0 Å². The highest BCUT2D eigenvalue weighted by Gasteiger charge is 2.37. The van der Waals surface area contributed by atoms with Crippen molar-refractivity contribution in [1.29, 1.82) is 0 Å². The van der Waals surface area contributed by atoms with Crippen LogP contribution < -0.4 is 5.32 Å². The predicted molar refractivity (Wildman–Crippen MR) is 86.2 cm³/mol. The van der Waals surface area contributed by atoms with Crippen LogP contribution in [0.25, 0.3) is 0 Å². The van der Waals surface area contributed by atoms with Crippen molar-refractivity contribution < 1.29 is 0 Å². The Labute approximate surface area is 124 Å². The first-order chi connectivity index (χ1) is 9.73. The second-order valence-electron chi connectivity index (χ2n) is 7.23. The summed E-state index contributed by atoms with van der Waals surface area (Å²) in [7, 11) is 2.17. The van der Waals surface area contributed by atoms with Crippen LogP contribution in [0.3, 0.4) is 0 Å². The fourth-order valence-electron chi connectivity index (χ4n) is 4.67. The molecule has 2 aliphatic carbocycles. The first kappa shape index (κ1) is 14.1. The Balaban J connectivity index is 1.77. The summed E-state index contributed by atoms with van der Waals surface area (Å²) >= 11 is 0. The molecule has 0 spiro atoms. The van der Waals surface area contributed by atoms with E-state index in [0.29, 0.717) is 11.5 Å². The Hall–Kier alpha value is -0.820. The Morgan fingerprint density at radius 2 is 1.95 bits per heavy atom. The molecule has 3 rings (SSSR count). The van der Waals surface area contributed by atoms with Crippen molar-refractivity contribution in [2.45, 2.75) is 70.3 Å². The zero-order chi connectivity index (χ0) is 14.0. The van der Waals surface area contributed by atoms with Crippen LogP contribution in [0.2, 0.25) is 0 Å². The Morgan fingerprint density at radius 3 is 2.70 bits per heavy atom. The summed E-state index contributed by atoms with van der Waals surface area (Å²) in [6.45, 7) is 2.51. The number of fused-ring (bicyclic) bond motifs is 1. The van der Waals surface area contributed by atoms with Gasteiger partial charge in [0, 0.05) is 6.04 Å². The van der Waals surface area contributed by atoms with E-state index < -0.39 is 0 Å². The molecule has 0 heterocycles. The van der Waals surface area contributed by atoms with Crippen molar-refractivity contribution in [3.8, 4) is 0 Å². The van der Waals surface area contributed by atoms with E-state index in [4.69, 9.17) is 0 Å². The van der Waals surface area contributed by atoms with Gasteiger partial charge in [0.15, 0.2) is 0 Å². The lowest BCUT2D eigenvalue weighted by Crippen LogP contribution is -2.41. The van der Waals surface area contributed by atoms with E-state index in [1.807, 2.05) is 0 Å². The molecule has 20 heavy (non-hydrogen) atoms. The maximum absolute atomic E-state index is 3.66. The third-order valence-electron chi connectivity index (χ3n) is 5.95. The summed E-state index contributed by atoms with van der Waals surface area (Å²) < 4.78 is 0. The molecule has 1 heteroatoms. The van der Waals surface area contributed by atoms with Crippen LogP contribution in [0.1, 0.15) is 68.9 Å². The van der Waals surface area contributed by atoms with Crippen molar-refractivity contribution in [2.24, 2.45) is 5.41 Å². The van der Waals surface area contributed by atoms with Gasteiger partial charge in [-0.3, -0.25) is 0 Å². The summed E-state index contributed by atoms with van der Waals surface area (Å²) in [5.74, 6) is 0.773. The molecule has 2 aliphatic rings. The van der Waals surface area contributed by atoms with Gasteiger partial charge in [-0.25, -0.2) is 0 Å². The van der Waals surface area contributed by atoms with Crippen LogP contribution in [0.15, 0.2) is 24.3 Å². The van der Waals surface area contributed by atoms with Gasteiger partial charge in [-0.1, -0.05) is 44.0 Å². The first-order valence-corrected chi connectivity index (χ1v) is 8.48. The largest absolute Gasteiger partial charge is 0.316 e. The highest BCUT2D eigenvalue weighted by molar-refractivity contribution is 5.32. The second-order valence-corrected chi connectivity index (χ2v) is 7.23. The van der Waals surface area contributed by atoms with Crippen LogP contribution >= 0.6 is 0 Å². The van der Waals surface area contributed by atoms with Crippen LogP contribution in [0.4, 0.5) is 0 Å². The van der Waals surface area contributed by atoms with Gasteiger partial charge in [-0.15, -0.1) is 0 Å². The smallest absolute Gasteiger partial charge is 0.0124 e. The topological polar surface area (TPSA) is 12.0 Å². The van der Waals surface area contributed by atoms with E-state index >= 15 is 0 Å². The molecule has 1 N–H and O–H groups in total. The van der Waals surface area contributed by atoms with E-state index in [2.05, 4.69) is 43.6 Å². The number of benzene rings is 1. The van der Waals surface area contributed by atoms with Crippen LogP contribution in [-0.4, -0.2) is 13.1 Å². The molecule has 1 saturated carbocycles. The van der Waals surface area contributed by atoms with Gasteiger partial charge >= 0.3 is 0 Å². The third-order valence-corrected chi connectivity index (χ3v) is 5.95. The Kier molecular flexibility index (Phi) is 4.16. The highest BCUT2D eigenvalue weighted by atomic mass is 14.9. The van der Waals surface area contributed by atoms with Crippen molar-refractivity contribution >= 4 is 0 Å². The van der Waals surface area contributed by atoms with Crippen molar-refractivity contribution in [1.82, 2.24) is 5.32 Å². The van der Waals surface area contributed by atoms with Gasteiger partial charge in [-0.05, 0) is 68.0 Å². The molecule has 0 radical (unpaired) electrons. The lowest BCUT2D eigenvalue weighted by atomic mass is 9.72. The Bertz CT molecular complexity index is 445. The van der Waals surface area contributed by atoms with Crippen LogP contribution in [-0.2, 0) is 6.42 Å². The van der Waals surface area contributed by atoms with Gasteiger partial charge in [0.25, 0.3) is 0 Å². The van der Waals surface area contributed by atoms with Gasteiger partial charge in [-0.2, -0.15) is 0 Å². The normalized spacial score (nSPS) is 26.2. The number of aryl methyl sites for hydroxylation is 1. The lowest BCUT2D eigenvalue weighted by molar-refractivity contribution is 0.206. The van der Waals surface area contributed by atoms with Gasteiger partial charge in [0.2, 0.25) is 0 Å². The molecule has 0 aliphatic heterocycles. The minimum Gasteiger partial charge on any atom is -0.316 e. The molecule has 0 aromatic heterocycles. The SMILES string of the molecule is CNC(CC1CCCc2ccccc21)C1(C)CCCC1. The van der Waals surface area contributed by atoms with Gasteiger partial charge in [0.1, 0.15) is 0 Å². The zero-order valence-electron chi connectivity index (χ0n) is 13.1. The first-order valence-electron chi connectivity index (χ1n) is 8.48. The minimum atomic E-state index is 0.529. The summed E-state index contributed by atoms with van der Waals surface area (Å²) in [6, 6.07) is 9.83. The van der Waals surface area contributed by atoms with Crippen molar-refractivity contribution in [3.05, 3.63) is 35.4 Å². The molecule has 0 saturated heterocycles. The molecule has 1 fully saturated rings. The Morgan fingerprint density at radius 1 is 1.20 bits per heavy atom. The van der Waals surface area contributed by atoms with Crippen LogP contribution in [0.5, 0.6) is 0 Å². The van der Waals surface area contributed by atoms with E-state index in [1.54, 1.807) is 11.1 Å². The van der Waals surface area contributed by atoms with E-state index in [-0.39, 0.29) is 0 Å². The highest BCUT2D eigenvalue weighted by Crippen LogP contribution is 2.45. The number of rotatable bonds is 4. The fraction of sp³-hybridized carbons (Fsp3) is 0.684. The minimum absolute atomic E-state index is 0.529. The molecule has 0 amide bonds. The predicted octanol–water partition coefficient (Wildman–Crippen LogP) is 4.66. The zero-order valence-corrected chi connectivity index (χ0v) is 13.1. The average Bonchev–Trinajstić information content (AvgIpc) is 2.92. The van der Waals surface area contributed by atoms with Gasteiger partial charge in [0.05, 0.1) is 0 Å². The van der Waals surface area contributed by atoms with Crippen molar-refractivity contribution in [3.63, 3.8) is 0 Å². The fourth-order valence-corrected chi connectivity index (χ4v) is 4.67. The molecular formula is C19H29N. The molecular weight excluding hydrogens is 242 g/mol. The molecule has 0 bridgehead atoms. The second kappa shape index (κ2) is 5.89. The number of hydrogen-bond donors (Lipinski definition) is 1. The van der Waals surface area contributed by atoms with Gasteiger partial charge < -0.3 is 5.32 Å². The monoisotopic (exact) mass is 271 g/mol. The maximum atomic E-state index is 3.66.